The van der Waals surface area contributed by atoms with E-state index in [4.69, 9.17) is 4.74 Å². The average molecular weight is 401 g/mol. The predicted octanol–water partition coefficient (Wildman–Crippen LogP) is 3.81. The summed E-state index contributed by atoms with van der Waals surface area (Å²) >= 11 is 0. The second kappa shape index (κ2) is 9.05. The zero-order chi connectivity index (χ0) is 20.3. The van der Waals surface area contributed by atoms with E-state index < -0.39 is 5.60 Å². The zero-order valence-electron chi connectivity index (χ0n) is 17.7. The highest BCUT2D eigenvalue weighted by Crippen LogP contribution is 2.49. The van der Waals surface area contributed by atoms with Gasteiger partial charge in [0, 0.05) is 24.5 Å². The van der Waals surface area contributed by atoms with Crippen LogP contribution in [0.4, 0.5) is 0 Å². The second-order valence-electron chi connectivity index (χ2n) is 9.30. The minimum absolute atomic E-state index is 0.0806. The van der Waals surface area contributed by atoms with E-state index in [-0.39, 0.29) is 17.9 Å². The first-order chi connectivity index (χ1) is 14.1. The molecule has 1 aromatic carbocycles. The molecule has 3 fully saturated rings. The van der Waals surface area contributed by atoms with Gasteiger partial charge in [-0.25, -0.2) is 0 Å². The molecule has 3 aliphatic rings. The Hall–Kier alpha value is -1.59. The van der Waals surface area contributed by atoms with Crippen LogP contribution in [-0.4, -0.2) is 47.8 Å². The van der Waals surface area contributed by atoms with Crippen molar-refractivity contribution in [2.45, 2.75) is 81.9 Å². The van der Waals surface area contributed by atoms with Crippen molar-refractivity contribution < 1.29 is 14.6 Å². The molecule has 5 nitrogen and oxygen atoms in total. The summed E-state index contributed by atoms with van der Waals surface area (Å²) in [5, 5.41) is 14.7. The molecule has 29 heavy (non-hydrogen) atoms. The van der Waals surface area contributed by atoms with Gasteiger partial charge in [0.1, 0.15) is 5.75 Å². The first-order valence-corrected chi connectivity index (χ1v) is 11.5. The fourth-order valence-electron chi connectivity index (χ4n) is 5.87. The molecule has 5 heteroatoms. The zero-order valence-corrected chi connectivity index (χ0v) is 17.7. The number of hydrogen-bond donors (Lipinski definition) is 2. The van der Waals surface area contributed by atoms with Gasteiger partial charge in [0.05, 0.1) is 19.3 Å². The third-order valence-electron chi connectivity index (χ3n) is 7.45. The number of piperidine rings is 1. The molecular weight excluding hydrogens is 364 g/mol. The summed E-state index contributed by atoms with van der Waals surface area (Å²) < 4.78 is 5.33. The van der Waals surface area contributed by atoms with Crippen LogP contribution >= 0.6 is 0 Å². The van der Waals surface area contributed by atoms with Crippen molar-refractivity contribution in [2.75, 3.05) is 20.2 Å². The summed E-state index contributed by atoms with van der Waals surface area (Å²) in [6, 6.07) is 8.62. The number of likely N-dealkylation sites (tertiary alicyclic amines) is 1. The smallest absolute Gasteiger partial charge is 0.234 e. The van der Waals surface area contributed by atoms with Gasteiger partial charge in [0.25, 0.3) is 0 Å². The van der Waals surface area contributed by atoms with Crippen molar-refractivity contribution in [3.63, 3.8) is 0 Å². The molecule has 2 saturated carbocycles. The van der Waals surface area contributed by atoms with Crippen LogP contribution in [0.25, 0.3) is 0 Å². The van der Waals surface area contributed by atoms with Gasteiger partial charge in [-0.15, -0.1) is 0 Å². The highest BCUT2D eigenvalue weighted by molar-refractivity contribution is 5.78. The number of benzene rings is 1. The Labute approximate surface area is 174 Å². The summed E-state index contributed by atoms with van der Waals surface area (Å²) in [5.74, 6) is 1.16. The quantitative estimate of drug-likeness (QED) is 0.789. The van der Waals surface area contributed by atoms with Gasteiger partial charge < -0.3 is 15.2 Å². The summed E-state index contributed by atoms with van der Waals surface area (Å²) in [7, 11) is 1.68. The third kappa shape index (κ3) is 4.61. The van der Waals surface area contributed by atoms with Gasteiger partial charge in [-0.3, -0.25) is 9.69 Å². The summed E-state index contributed by atoms with van der Waals surface area (Å²) in [5.41, 5.74) is 0.584. The normalized spacial score (nSPS) is 31.1. The molecule has 1 saturated heterocycles. The maximum atomic E-state index is 12.9. The molecule has 0 unspecified atom stereocenters. The lowest BCUT2D eigenvalue weighted by Gasteiger charge is -2.52. The Morgan fingerprint density at radius 3 is 2.55 bits per heavy atom. The number of ether oxygens (including phenoxy) is 1. The average Bonchev–Trinajstić information content (AvgIpc) is 2.74. The lowest BCUT2D eigenvalue weighted by Crippen LogP contribution is -2.56. The van der Waals surface area contributed by atoms with Crippen molar-refractivity contribution in [1.29, 1.82) is 0 Å². The fourth-order valence-corrected chi connectivity index (χ4v) is 5.87. The van der Waals surface area contributed by atoms with E-state index in [1.807, 2.05) is 12.1 Å². The Morgan fingerprint density at radius 2 is 1.83 bits per heavy atom. The Kier molecular flexibility index (Phi) is 6.45. The molecule has 1 aliphatic heterocycles. The summed E-state index contributed by atoms with van der Waals surface area (Å²) in [6.07, 6.45) is 10.9. The molecule has 2 N–H and O–H groups in total. The molecule has 1 heterocycles. The van der Waals surface area contributed by atoms with Crippen molar-refractivity contribution in [2.24, 2.45) is 5.92 Å². The first-order valence-electron chi connectivity index (χ1n) is 11.5. The molecule has 0 radical (unpaired) electrons. The molecule has 3 atom stereocenters. The Morgan fingerprint density at radius 1 is 1.10 bits per heavy atom. The van der Waals surface area contributed by atoms with Gasteiger partial charge in [0.15, 0.2) is 0 Å². The van der Waals surface area contributed by atoms with E-state index in [0.717, 1.165) is 57.2 Å². The molecule has 2 aliphatic carbocycles. The van der Waals surface area contributed by atoms with Crippen LogP contribution in [0.5, 0.6) is 5.75 Å². The predicted molar refractivity (Wildman–Crippen MR) is 114 cm³/mol. The van der Waals surface area contributed by atoms with Crippen LogP contribution in [-0.2, 0) is 4.79 Å². The lowest BCUT2D eigenvalue weighted by atomic mass is 9.66. The molecule has 0 spiro atoms. The Bertz CT molecular complexity index is 686. The van der Waals surface area contributed by atoms with Gasteiger partial charge in [0.2, 0.25) is 5.91 Å². The van der Waals surface area contributed by atoms with Gasteiger partial charge in [-0.2, -0.15) is 0 Å². The lowest BCUT2D eigenvalue weighted by molar-refractivity contribution is -0.138. The fraction of sp³-hybridized carbons (Fsp3) is 0.708. The van der Waals surface area contributed by atoms with Crippen LogP contribution in [0.2, 0.25) is 0 Å². The molecule has 0 aromatic heterocycles. The molecule has 160 valence electrons. The topological polar surface area (TPSA) is 61.8 Å². The van der Waals surface area contributed by atoms with Crippen LogP contribution in [0, 0.1) is 5.92 Å². The molecule has 4 rings (SSSR count). The number of amides is 1. The first kappa shape index (κ1) is 20.7. The number of nitrogens with one attached hydrogen (secondary N) is 1. The molecule has 0 bridgehead atoms. The van der Waals surface area contributed by atoms with E-state index in [1.165, 1.54) is 24.8 Å². The van der Waals surface area contributed by atoms with Gasteiger partial charge in [-0.05, 0) is 49.8 Å². The van der Waals surface area contributed by atoms with E-state index in [2.05, 4.69) is 22.3 Å². The van der Waals surface area contributed by atoms with Crippen LogP contribution < -0.4 is 10.1 Å². The van der Waals surface area contributed by atoms with Crippen LogP contribution in [0.1, 0.15) is 75.8 Å². The minimum atomic E-state index is -0.598. The maximum absolute atomic E-state index is 12.9. The molecular formula is C24H36N2O3. The SMILES string of the molecule is COc1ccc([C@H]2[C@H]3CCCC[C@@]3(O)CCN2CC(=O)NC2CCCCC2)cc1. The van der Waals surface area contributed by atoms with Crippen LogP contribution in [0.3, 0.4) is 0 Å². The van der Waals surface area contributed by atoms with E-state index >= 15 is 0 Å². The largest absolute Gasteiger partial charge is 0.497 e. The number of rotatable bonds is 5. The highest BCUT2D eigenvalue weighted by Gasteiger charge is 2.49. The monoisotopic (exact) mass is 400 g/mol. The second-order valence-corrected chi connectivity index (χ2v) is 9.30. The number of methoxy groups -OCH3 is 1. The van der Waals surface area contributed by atoms with Crippen molar-refractivity contribution in [3.8, 4) is 5.75 Å². The van der Waals surface area contributed by atoms with Crippen molar-refractivity contribution >= 4 is 5.91 Å². The van der Waals surface area contributed by atoms with Crippen LogP contribution in [0.15, 0.2) is 24.3 Å². The summed E-state index contributed by atoms with van der Waals surface area (Å²) in [6.45, 7) is 1.18. The third-order valence-corrected chi connectivity index (χ3v) is 7.45. The number of carbonyl (C=O) groups excluding carboxylic acids is 1. The van der Waals surface area contributed by atoms with Crippen molar-refractivity contribution in [3.05, 3.63) is 29.8 Å². The van der Waals surface area contributed by atoms with E-state index in [1.54, 1.807) is 7.11 Å². The molecule has 1 amide bonds. The minimum Gasteiger partial charge on any atom is -0.497 e. The number of aliphatic hydroxyl groups is 1. The van der Waals surface area contributed by atoms with Gasteiger partial charge in [-0.1, -0.05) is 44.2 Å². The number of fused-ring (bicyclic) bond motifs is 1. The maximum Gasteiger partial charge on any atom is 0.234 e. The highest BCUT2D eigenvalue weighted by atomic mass is 16.5. The number of nitrogens with zero attached hydrogens (tertiary/aromatic N) is 1. The van der Waals surface area contributed by atoms with E-state index in [0.29, 0.717) is 12.6 Å². The molecule has 1 aromatic rings. The Balaban J connectivity index is 1.52. The number of hydrogen-bond acceptors (Lipinski definition) is 4. The summed E-state index contributed by atoms with van der Waals surface area (Å²) in [4.78, 5) is 15.2. The van der Waals surface area contributed by atoms with E-state index in [9.17, 15) is 9.90 Å². The van der Waals surface area contributed by atoms with Gasteiger partial charge >= 0.3 is 0 Å². The number of carbonyl (C=O) groups is 1. The van der Waals surface area contributed by atoms with Crippen molar-refractivity contribution in [1.82, 2.24) is 10.2 Å². The standard InChI is InChI=1S/C24H36N2O3/c1-29-20-12-10-18(11-13-20)23-21-9-5-6-14-24(21,28)15-16-26(23)17-22(27)25-19-7-3-2-4-8-19/h10-13,19,21,23,28H,2-9,14-17H2,1H3,(H,25,27)/t21-,23+,24-/m1/s1.